The van der Waals surface area contributed by atoms with Gasteiger partial charge in [-0.25, -0.2) is 0 Å². The average molecular weight is 178 g/mol. The van der Waals surface area contributed by atoms with Crippen molar-refractivity contribution in [2.24, 2.45) is 0 Å². The van der Waals surface area contributed by atoms with E-state index in [1.54, 1.807) is 0 Å². The standard InChI is InChI=1S/C12H18O/c1-5-11-9(3)7-8-10(4)12(11)13-6-2/h7-8H,5-6H2,1-4H3. The lowest BCUT2D eigenvalue weighted by molar-refractivity contribution is 0.334. The molecule has 0 saturated carbocycles. The molecule has 0 aliphatic carbocycles. The fraction of sp³-hybridized carbons (Fsp3) is 0.500. The molecule has 0 aromatic heterocycles. The van der Waals surface area contributed by atoms with Crippen LogP contribution in [-0.4, -0.2) is 6.61 Å². The lowest BCUT2D eigenvalue weighted by Crippen LogP contribution is -2.00. The molecule has 0 N–H and O–H groups in total. The highest BCUT2D eigenvalue weighted by molar-refractivity contribution is 5.45. The summed E-state index contributed by atoms with van der Waals surface area (Å²) in [6.45, 7) is 9.19. The first kappa shape index (κ1) is 10.1. The molecule has 0 unspecified atom stereocenters. The summed E-state index contributed by atoms with van der Waals surface area (Å²) >= 11 is 0. The number of benzene rings is 1. The van der Waals surface area contributed by atoms with Crippen molar-refractivity contribution < 1.29 is 4.74 Å². The van der Waals surface area contributed by atoms with Crippen LogP contribution in [0.3, 0.4) is 0 Å². The lowest BCUT2D eigenvalue weighted by atomic mass is 10.0. The van der Waals surface area contributed by atoms with Crippen LogP contribution >= 0.6 is 0 Å². The monoisotopic (exact) mass is 178 g/mol. The van der Waals surface area contributed by atoms with E-state index in [0.717, 1.165) is 18.8 Å². The third-order valence-electron chi connectivity index (χ3n) is 2.33. The van der Waals surface area contributed by atoms with E-state index in [9.17, 15) is 0 Å². The molecule has 0 fully saturated rings. The maximum absolute atomic E-state index is 5.64. The Balaban J connectivity index is 3.18. The zero-order chi connectivity index (χ0) is 9.84. The predicted octanol–water partition coefficient (Wildman–Crippen LogP) is 3.26. The molecule has 72 valence electrons. The van der Waals surface area contributed by atoms with Crippen LogP contribution in [0, 0.1) is 13.8 Å². The molecule has 0 aliphatic rings. The Morgan fingerprint density at radius 3 is 2.23 bits per heavy atom. The van der Waals surface area contributed by atoms with E-state index >= 15 is 0 Å². The second kappa shape index (κ2) is 4.31. The van der Waals surface area contributed by atoms with Crippen LogP contribution < -0.4 is 4.74 Å². The number of ether oxygens (including phenoxy) is 1. The smallest absolute Gasteiger partial charge is 0.125 e. The summed E-state index contributed by atoms with van der Waals surface area (Å²) in [6, 6.07) is 4.29. The Bertz CT molecular complexity index is 289. The molecule has 1 rings (SSSR count). The first-order valence-corrected chi connectivity index (χ1v) is 4.92. The minimum absolute atomic E-state index is 0.747. The van der Waals surface area contributed by atoms with Gasteiger partial charge in [-0.2, -0.15) is 0 Å². The van der Waals surface area contributed by atoms with Crippen molar-refractivity contribution in [3.63, 3.8) is 0 Å². The quantitative estimate of drug-likeness (QED) is 0.690. The molecule has 0 aliphatic heterocycles. The van der Waals surface area contributed by atoms with Gasteiger partial charge in [-0.3, -0.25) is 0 Å². The molecule has 1 heteroatoms. The third kappa shape index (κ3) is 2.03. The van der Waals surface area contributed by atoms with E-state index in [-0.39, 0.29) is 0 Å². The van der Waals surface area contributed by atoms with Gasteiger partial charge in [-0.15, -0.1) is 0 Å². The summed E-state index contributed by atoms with van der Waals surface area (Å²) in [5.41, 5.74) is 3.92. The van der Waals surface area contributed by atoms with Crippen LogP contribution in [0.4, 0.5) is 0 Å². The minimum Gasteiger partial charge on any atom is -0.493 e. The Kier molecular flexibility index (Phi) is 3.35. The molecular formula is C12H18O. The molecule has 0 amide bonds. The SMILES string of the molecule is CCOc1c(C)ccc(C)c1CC. The Morgan fingerprint density at radius 2 is 1.69 bits per heavy atom. The number of hydrogen-bond acceptors (Lipinski definition) is 1. The summed E-state index contributed by atoms with van der Waals surface area (Å²) in [5, 5.41) is 0. The molecule has 0 atom stereocenters. The zero-order valence-electron chi connectivity index (χ0n) is 8.98. The number of aryl methyl sites for hydroxylation is 2. The maximum Gasteiger partial charge on any atom is 0.125 e. The molecule has 0 bridgehead atoms. The summed E-state index contributed by atoms with van der Waals surface area (Å²) < 4.78 is 5.64. The van der Waals surface area contributed by atoms with Gasteiger partial charge >= 0.3 is 0 Å². The van der Waals surface area contributed by atoms with E-state index in [1.807, 2.05) is 6.92 Å². The predicted molar refractivity (Wildman–Crippen MR) is 56.5 cm³/mol. The molecular weight excluding hydrogens is 160 g/mol. The first-order chi connectivity index (χ1) is 6.20. The second-order valence-corrected chi connectivity index (χ2v) is 3.29. The van der Waals surface area contributed by atoms with Crippen molar-refractivity contribution in [2.45, 2.75) is 34.1 Å². The van der Waals surface area contributed by atoms with E-state index in [4.69, 9.17) is 4.74 Å². The average Bonchev–Trinajstić information content (AvgIpc) is 2.12. The molecule has 0 radical (unpaired) electrons. The summed E-state index contributed by atoms with van der Waals surface area (Å²) in [5.74, 6) is 1.09. The third-order valence-corrected chi connectivity index (χ3v) is 2.33. The molecule has 1 nitrogen and oxygen atoms in total. The topological polar surface area (TPSA) is 9.23 Å². The van der Waals surface area contributed by atoms with Crippen molar-refractivity contribution in [3.8, 4) is 5.75 Å². The summed E-state index contributed by atoms with van der Waals surface area (Å²) in [7, 11) is 0. The van der Waals surface area contributed by atoms with Gasteiger partial charge in [0.05, 0.1) is 6.61 Å². The Hall–Kier alpha value is -0.980. The van der Waals surface area contributed by atoms with Gasteiger partial charge in [0.1, 0.15) is 5.75 Å². The van der Waals surface area contributed by atoms with E-state index in [2.05, 4.69) is 32.9 Å². The van der Waals surface area contributed by atoms with Crippen LogP contribution in [0.1, 0.15) is 30.5 Å². The molecule has 0 spiro atoms. The fourth-order valence-corrected chi connectivity index (χ4v) is 1.63. The van der Waals surface area contributed by atoms with Gasteiger partial charge in [0.15, 0.2) is 0 Å². The Morgan fingerprint density at radius 1 is 1.08 bits per heavy atom. The van der Waals surface area contributed by atoms with Crippen LogP contribution in [-0.2, 0) is 6.42 Å². The summed E-state index contributed by atoms with van der Waals surface area (Å²) in [4.78, 5) is 0. The maximum atomic E-state index is 5.64. The minimum atomic E-state index is 0.747. The normalized spacial score (nSPS) is 10.2. The van der Waals surface area contributed by atoms with E-state index < -0.39 is 0 Å². The molecule has 13 heavy (non-hydrogen) atoms. The van der Waals surface area contributed by atoms with Gasteiger partial charge in [-0.1, -0.05) is 19.1 Å². The number of hydrogen-bond donors (Lipinski definition) is 0. The highest BCUT2D eigenvalue weighted by atomic mass is 16.5. The largest absolute Gasteiger partial charge is 0.493 e. The van der Waals surface area contributed by atoms with Gasteiger partial charge < -0.3 is 4.74 Å². The van der Waals surface area contributed by atoms with Gasteiger partial charge in [0, 0.05) is 0 Å². The van der Waals surface area contributed by atoms with Crippen molar-refractivity contribution >= 4 is 0 Å². The molecule has 1 aromatic rings. The van der Waals surface area contributed by atoms with Crippen molar-refractivity contribution in [2.75, 3.05) is 6.61 Å². The van der Waals surface area contributed by atoms with Gasteiger partial charge in [0.25, 0.3) is 0 Å². The van der Waals surface area contributed by atoms with Crippen LogP contribution in [0.15, 0.2) is 12.1 Å². The highest BCUT2D eigenvalue weighted by Gasteiger charge is 2.07. The van der Waals surface area contributed by atoms with Crippen molar-refractivity contribution in [1.29, 1.82) is 0 Å². The van der Waals surface area contributed by atoms with Crippen LogP contribution in [0.2, 0.25) is 0 Å². The zero-order valence-corrected chi connectivity index (χ0v) is 8.98. The first-order valence-electron chi connectivity index (χ1n) is 4.92. The second-order valence-electron chi connectivity index (χ2n) is 3.29. The van der Waals surface area contributed by atoms with Gasteiger partial charge in [0.2, 0.25) is 0 Å². The fourth-order valence-electron chi connectivity index (χ4n) is 1.63. The van der Waals surface area contributed by atoms with E-state index in [1.165, 1.54) is 16.7 Å². The number of rotatable bonds is 3. The lowest BCUT2D eigenvalue weighted by Gasteiger charge is -2.14. The highest BCUT2D eigenvalue weighted by Crippen LogP contribution is 2.26. The van der Waals surface area contributed by atoms with Crippen molar-refractivity contribution in [3.05, 3.63) is 28.8 Å². The van der Waals surface area contributed by atoms with Crippen LogP contribution in [0.5, 0.6) is 5.75 Å². The van der Waals surface area contributed by atoms with Crippen LogP contribution in [0.25, 0.3) is 0 Å². The molecule has 0 saturated heterocycles. The van der Waals surface area contributed by atoms with Gasteiger partial charge in [-0.05, 0) is 43.9 Å². The van der Waals surface area contributed by atoms with E-state index in [0.29, 0.717) is 0 Å². The Labute approximate surface area is 80.7 Å². The molecule has 0 heterocycles. The van der Waals surface area contributed by atoms with Crippen molar-refractivity contribution in [1.82, 2.24) is 0 Å². The summed E-state index contributed by atoms with van der Waals surface area (Å²) in [6.07, 6.45) is 1.04. The molecule has 1 aromatic carbocycles.